The maximum atomic E-state index is 12.5. The largest absolute Gasteiger partial charge is 0.354 e. The fourth-order valence-electron chi connectivity index (χ4n) is 2.99. The van der Waals surface area contributed by atoms with Gasteiger partial charge in [0.1, 0.15) is 0 Å². The molecule has 5 amide bonds. The smallest absolute Gasteiger partial charge is 0.293 e. The Morgan fingerprint density at radius 1 is 1.03 bits per heavy atom. The fraction of sp³-hybridized carbons (Fsp3) is 0.350. The van der Waals surface area contributed by atoms with Crippen molar-refractivity contribution in [3.05, 3.63) is 40.3 Å². The van der Waals surface area contributed by atoms with E-state index in [-0.39, 0.29) is 67.8 Å². The van der Waals surface area contributed by atoms with Crippen LogP contribution in [0.2, 0.25) is 0 Å². The number of benzene rings is 1. The lowest BCUT2D eigenvalue weighted by molar-refractivity contribution is -0.138. The number of hydrogen-bond donors (Lipinski definition) is 1. The van der Waals surface area contributed by atoms with Crippen LogP contribution in [0.25, 0.3) is 6.08 Å². The second-order valence-corrected chi connectivity index (χ2v) is 7.78. The van der Waals surface area contributed by atoms with Crippen LogP contribution in [-0.4, -0.2) is 58.3 Å². The third-order valence-corrected chi connectivity index (χ3v) is 5.53. The summed E-state index contributed by atoms with van der Waals surface area (Å²) in [6.07, 6.45) is 2.05. The standard InChI is InChI=1S/C20H21N3O5S/c1-13-2-4-14(5-3-13)12-15-19(27)23(20(28)29-15)11-9-21-16(24)8-10-22-17(25)6-7-18(22)26/h2-5,12H,6-11H2,1H3,(H,21,24)/b15-12-. The quantitative estimate of drug-likeness (QED) is 0.537. The monoisotopic (exact) mass is 415 g/mol. The summed E-state index contributed by atoms with van der Waals surface area (Å²) in [7, 11) is 0. The Balaban J connectivity index is 1.46. The molecular formula is C20H21N3O5S. The van der Waals surface area contributed by atoms with Crippen LogP contribution in [0.5, 0.6) is 0 Å². The summed E-state index contributed by atoms with van der Waals surface area (Å²) >= 11 is 0.871. The van der Waals surface area contributed by atoms with Crippen molar-refractivity contribution >= 4 is 46.7 Å². The van der Waals surface area contributed by atoms with Crippen molar-refractivity contribution in [1.29, 1.82) is 0 Å². The Morgan fingerprint density at radius 2 is 1.69 bits per heavy atom. The van der Waals surface area contributed by atoms with E-state index in [2.05, 4.69) is 5.32 Å². The van der Waals surface area contributed by atoms with Crippen molar-refractivity contribution in [2.75, 3.05) is 19.6 Å². The van der Waals surface area contributed by atoms with E-state index in [1.807, 2.05) is 31.2 Å². The molecule has 152 valence electrons. The summed E-state index contributed by atoms with van der Waals surface area (Å²) < 4.78 is 0. The van der Waals surface area contributed by atoms with Gasteiger partial charge in [-0.3, -0.25) is 33.8 Å². The molecule has 2 saturated heterocycles. The maximum absolute atomic E-state index is 12.5. The first-order valence-corrected chi connectivity index (χ1v) is 10.1. The van der Waals surface area contributed by atoms with Crippen LogP contribution in [0.1, 0.15) is 30.4 Å². The van der Waals surface area contributed by atoms with Gasteiger partial charge in [-0.05, 0) is 30.3 Å². The van der Waals surface area contributed by atoms with E-state index in [0.29, 0.717) is 4.91 Å². The zero-order valence-corrected chi connectivity index (χ0v) is 16.8. The first-order valence-electron chi connectivity index (χ1n) is 9.27. The summed E-state index contributed by atoms with van der Waals surface area (Å²) in [6.45, 7) is 2.18. The van der Waals surface area contributed by atoms with E-state index >= 15 is 0 Å². The number of aryl methyl sites for hydroxylation is 1. The van der Waals surface area contributed by atoms with Crippen molar-refractivity contribution in [2.24, 2.45) is 0 Å². The number of carbonyl (C=O) groups is 5. The molecule has 29 heavy (non-hydrogen) atoms. The minimum atomic E-state index is -0.386. The third-order valence-electron chi connectivity index (χ3n) is 4.62. The Hall–Kier alpha value is -2.94. The number of likely N-dealkylation sites (tertiary alicyclic amines) is 1. The van der Waals surface area contributed by atoms with Crippen LogP contribution in [0.15, 0.2) is 29.2 Å². The van der Waals surface area contributed by atoms with E-state index in [1.54, 1.807) is 6.08 Å². The van der Waals surface area contributed by atoms with Crippen LogP contribution in [0.3, 0.4) is 0 Å². The lowest BCUT2D eigenvalue weighted by Crippen LogP contribution is -2.39. The number of carbonyl (C=O) groups excluding carboxylic acids is 5. The molecule has 0 radical (unpaired) electrons. The second kappa shape index (κ2) is 9.04. The van der Waals surface area contributed by atoms with Crippen LogP contribution in [0, 0.1) is 6.92 Å². The number of thioether (sulfide) groups is 1. The molecule has 3 rings (SSSR count). The number of rotatable bonds is 7. The molecule has 1 aromatic carbocycles. The average molecular weight is 415 g/mol. The van der Waals surface area contributed by atoms with Gasteiger partial charge >= 0.3 is 0 Å². The van der Waals surface area contributed by atoms with Gasteiger partial charge < -0.3 is 5.32 Å². The number of imide groups is 2. The third kappa shape index (κ3) is 5.11. The second-order valence-electron chi connectivity index (χ2n) is 6.78. The van der Waals surface area contributed by atoms with Gasteiger partial charge in [-0.25, -0.2) is 0 Å². The Labute approximate surface area is 172 Å². The van der Waals surface area contributed by atoms with Crippen molar-refractivity contribution in [3.8, 4) is 0 Å². The van der Waals surface area contributed by atoms with E-state index in [1.165, 1.54) is 0 Å². The highest BCUT2D eigenvalue weighted by molar-refractivity contribution is 8.18. The highest BCUT2D eigenvalue weighted by Crippen LogP contribution is 2.31. The summed E-state index contributed by atoms with van der Waals surface area (Å²) in [4.78, 5) is 62.1. The molecule has 2 fully saturated rings. The Morgan fingerprint density at radius 3 is 2.34 bits per heavy atom. The molecule has 0 atom stereocenters. The van der Waals surface area contributed by atoms with E-state index < -0.39 is 0 Å². The van der Waals surface area contributed by atoms with Gasteiger partial charge in [-0.15, -0.1) is 0 Å². The minimum Gasteiger partial charge on any atom is -0.354 e. The molecule has 0 unspecified atom stereocenters. The molecule has 0 spiro atoms. The SMILES string of the molecule is Cc1ccc(/C=C2\SC(=O)N(CCNC(=O)CCN3C(=O)CCC3=O)C2=O)cc1. The lowest BCUT2D eigenvalue weighted by Gasteiger charge is -2.15. The molecule has 8 nitrogen and oxygen atoms in total. The highest BCUT2D eigenvalue weighted by atomic mass is 32.2. The molecule has 1 aromatic rings. The average Bonchev–Trinajstić information content (AvgIpc) is 3.14. The molecule has 0 aromatic heterocycles. The predicted molar refractivity (Wildman–Crippen MR) is 107 cm³/mol. The van der Waals surface area contributed by atoms with Gasteiger partial charge in [0.2, 0.25) is 17.7 Å². The number of amides is 5. The number of hydrogen-bond acceptors (Lipinski definition) is 6. The predicted octanol–water partition coefficient (Wildman–Crippen LogP) is 1.69. The molecule has 2 aliphatic rings. The van der Waals surface area contributed by atoms with E-state index in [4.69, 9.17) is 0 Å². The molecule has 9 heteroatoms. The van der Waals surface area contributed by atoms with Crippen molar-refractivity contribution in [2.45, 2.75) is 26.2 Å². The summed E-state index contributed by atoms with van der Waals surface area (Å²) in [5.41, 5.74) is 1.94. The lowest BCUT2D eigenvalue weighted by atomic mass is 10.1. The topological polar surface area (TPSA) is 104 Å². The molecule has 0 aliphatic carbocycles. The van der Waals surface area contributed by atoms with Gasteiger partial charge in [-0.1, -0.05) is 29.8 Å². The van der Waals surface area contributed by atoms with Gasteiger partial charge in [-0.2, -0.15) is 0 Å². The molecule has 2 aliphatic heterocycles. The number of nitrogens with zero attached hydrogens (tertiary/aromatic N) is 2. The van der Waals surface area contributed by atoms with Crippen molar-refractivity contribution in [3.63, 3.8) is 0 Å². The van der Waals surface area contributed by atoms with Crippen LogP contribution in [-0.2, 0) is 19.2 Å². The Bertz CT molecular complexity index is 878. The first-order chi connectivity index (χ1) is 13.8. The molecular weight excluding hydrogens is 394 g/mol. The summed E-state index contributed by atoms with van der Waals surface area (Å²) in [6, 6.07) is 7.60. The fourth-order valence-corrected chi connectivity index (χ4v) is 3.85. The first kappa shape index (κ1) is 20.8. The molecule has 0 bridgehead atoms. The van der Waals surface area contributed by atoms with Gasteiger partial charge in [0.05, 0.1) is 4.91 Å². The Kier molecular flexibility index (Phi) is 6.48. The molecule has 1 N–H and O–H groups in total. The minimum absolute atomic E-state index is 0.00724. The highest BCUT2D eigenvalue weighted by Gasteiger charge is 2.34. The van der Waals surface area contributed by atoms with Gasteiger partial charge in [0.15, 0.2) is 0 Å². The van der Waals surface area contributed by atoms with E-state index in [0.717, 1.165) is 32.7 Å². The molecule has 2 heterocycles. The van der Waals surface area contributed by atoms with Crippen LogP contribution < -0.4 is 5.32 Å². The van der Waals surface area contributed by atoms with Crippen LogP contribution in [0.4, 0.5) is 4.79 Å². The summed E-state index contributed by atoms with van der Waals surface area (Å²) in [5.74, 6) is -1.26. The van der Waals surface area contributed by atoms with Gasteiger partial charge in [0.25, 0.3) is 11.1 Å². The van der Waals surface area contributed by atoms with Crippen molar-refractivity contribution < 1.29 is 24.0 Å². The van der Waals surface area contributed by atoms with Crippen LogP contribution >= 0.6 is 11.8 Å². The zero-order chi connectivity index (χ0) is 21.0. The summed E-state index contributed by atoms with van der Waals surface area (Å²) in [5, 5.41) is 2.23. The van der Waals surface area contributed by atoms with E-state index in [9.17, 15) is 24.0 Å². The zero-order valence-electron chi connectivity index (χ0n) is 16.0. The normalized spacial score (nSPS) is 18.3. The van der Waals surface area contributed by atoms with Crippen molar-refractivity contribution in [1.82, 2.24) is 15.1 Å². The van der Waals surface area contributed by atoms with Gasteiger partial charge in [0, 0.05) is 38.9 Å². The maximum Gasteiger partial charge on any atom is 0.293 e. The number of nitrogens with one attached hydrogen (secondary N) is 1. The molecule has 0 saturated carbocycles.